The number of alkyl carbamates (subject to hydrolysis) is 1. The fourth-order valence-corrected chi connectivity index (χ4v) is 6.69. The molecule has 0 radical (unpaired) electrons. The van der Waals surface area contributed by atoms with Crippen molar-refractivity contribution in [3.05, 3.63) is 53.6 Å². The molecule has 2 aliphatic rings. The molecule has 0 bridgehead atoms. The lowest BCUT2D eigenvalue weighted by Gasteiger charge is -2.43. The van der Waals surface area contributed by atoms with Crippen molar-refractivity contribution in [3.8, 4) is 0 Å². The number of fused-ring (bicyclic) bond motifs is 2. The summed E-state index contributed by atoms with van der Waals surface area (Å²) in [6.07, 6.45) is 6.51. The third kappa shape index (κ3) is 5.04. The quantitative estimate of drug-likeness (QED) is 0.180. The second-order valence-electron chi connectivity index (χ2n) is 11.9. The number of nitrogens with zero attached hydrogens (tertiary/aromatic N) is 7. The summed E-state index contributed by atoms with van der Waals surface area (Å²) in [7, 11) is 0. The summed E-state index contributed by atoms with van der Waals surface area (Å²) in [5.41, 5.74) is 4.45. The Morgan fingerprint density at radius 1 is 1.12 bits per heavy atom. The molecule has 4 aromatic rings. The number of aryl methyl sites for hydroxylation is 2. The van der Waals surface area contributed by atoms with E-state index in [-0.39, 0.29) is 15.7 Å². The molecule has 2 aliphatic heterocycles. The molecule has 1 aromatic carbocycles. The van der Waals surface area contributed by atoms with Gasteiger partial charge in [0.1, 0.15) is 32.8 Å². The van der Waals surface area contributed by atoms with Crippen LogP contribution in [0.3, 0.4) is 0 Å². The van der Waals surface area contributed by atoms with Crippen LogP contribution in [0, 0.1) is 13.8 Å². The van der Waals surface area contributed by atoms with Crippen LogP contribution >= 0.6 is 22.6 Å². The third-order valence-corrected chi connectivity index (χ3v) is 9.17. The maximum absolute atomic E-state index is 12.2. The highest BCUT2D eigenvalue weighted by molar-refractivity contribution is 14.1. The zero-order valence-corrected chi connectivity index (χ0v) is 25.8. The van der Waals surface area contributed by atoms with Gasteiger partial charge in [0.2, 0.25) is 0 Å². The molecule has 1 amide bonds. The van der Waals surface area contributed by atoms with E-state index in [0.717, 1.165) is 65.3 Å². The van der Waals surface area contributed by atoms with E-state index in [1.54, 1.807) is 6.33 Å². The number of hydrogen-bond donors (Lipinski definition) is 1. The summed E-state index contributed by atoms with van der Waals surface area (Å²) in [5, 5.41) is 9.06. The van der Waals surface area contributed by atoms with Gasteiger partial charge in [-0.3, -0.25) is 0 Å². The third-order valence-electron chi connectivity index (χ3n) is 7.49. The van der Waals surface area contributed by atoms with Crippen LogP contribution in [-0.2, 0) is 8.28 Å². The van der Waals surface area contributed by atoms with Gasteiger partial charge in [-0.2, -0.15) is 5.10 Å². The summed E-state index contributed by atoms with van der Waals surface area (Å²) in [5.74, 6) is 1.87. The molecule has 0 saturated carbocycles. The van der Waals surface area contributed by atoms with Crippen molar-refractivity contribution in [2.45, 2.75) is 69.1 Å². The topological polar surface area (TPSA) is 101 Å². The molecule has 2 fully saturated rings. The second kappa shape index (κ2) is 10.0. The molecule has 1 unspecified atom stereocenters. The molecule has 0 aliphatic carbocycles. The molecule has 10 nitrogen and oxygen atoms in total. The Hall–Kier alpha value is -3.22. The SMILES string of the molecule is Cc1ccc2ncnc(N3CCCCC3(I)c3cc4nc(N5CC(NC(=O)OC(C)(C)C)C5)c(C)cn4n3)c2c1. The molecule has 2 saturated heterocycles. The Bertz CT molecular complexity index is 1590. The average Bonchev–Trinajstić information content (AvgIpc) is 3.28. The maximum atomic E-state index is 12.2. The smallest absolute Gasteiger partial charge is 0.407 e. The monoisotopic (exact) mass is 654 g/mol. The van der Waals surface area contributed by atoms with Gasteiger partial charge in [0, 0.05) is 42.8 Å². The minimum absolute atomic E-state index is 0.0347. The van der Waals surface area contributed by atoms with E-state index >= 15 is 0 Å². The minimum atomic E-state index is -0.514. The van der Waals surface area contributed by atoms with Gasteiger partial charge in [-0.1, -0.05) is 11.6 Å². The molecule has 5 heterocycles. The first-order chi connectivity index (χ1) is 19.0. The molecular formula is C29H35IN8O2. The van der Waals surface area contributed by atoms with E-state index in [2.05, 4.69) is 80.8 Å². The number of benzene rings is 1. The standard InChI is InChI=1S/C29H35IN8O2/c1-18-8-9-22-21(12-18)26(32-17-31-22)37-11-7-6-10-29(37,30)23-13-24-34-25(19(2)14-38(24)35-23)36-15-20(16-36)33-27(39)40-28(3,4)5/h8-9,12-14,17,20H,6-7,10-11,15-16H2,1-5H3,(H,33,39). The van der Waals surface area contributed by atoms with Crippen LogP contribution < -0.4 is 15.1 Å². The van der Waals surface area contributed by atoms with Gasteiger partial charge >= 0.3 is 6.09 Å². The van der Waals surface area contributed by atoms with E-state index in [1.165, 1.54) is 5.56 Å². The van der Waals surface area contributed by atoms with E-state index in [0.29, 0.717) is 13.1 Å². The van der Waals surface area contributed by atoms with Crippen LogP contribution in [0.25, 0.3) is 16.6 Å². The molecule has 210 valence electrons. The van der Waals surface area contributed by atoms with Gasteiger partial charge < -0.3 is 19.9 Å². The summed E-state index contributed by atoms with van der Waals surface area (Å²) >= 11 is 2.57. The molecule has 1 atom stereocenters. The largest absolute Gasteiger partial charge is 0.444 e. The molecule has 3 aromatic heterocycles. The van der Waals surface area contributed by atoms with Gasteiger partial charge in [-0.05, 0) is 88.6 Å². The van der Waals surface area contributed by atoms with Crippen LogP contribution in [-0.4, -0.2) is 61.9 Å². The maximum Gasteiger partial charge on any atom is 0.407 e. The summed E-state index contributed by atoms with van der Waals surface area (Å²) in [6, 6.07) is 8.48. The van der Waals surface area contributed by atoms with Gasteiger partial charge in [0.05, 0.1) is 11.6 Å². The van der Waals surface area contributed by atoms with E-state index in [4.69, 9.17) is 19.8 Å². The van der Waals surface area contributed by atoms with Crippen LogP contribution in [0.1, 0.15) is 56.9 Å². The highest BCUT2D eigenvalue weighted by atomic mass is 127. The van der Waals surface area contributed by atoms with Gasteiger partial charge in [-0.25, -0.2) is 24.3 Å². The average molecular weight is 655 g/mol. The minimum Gasteiger partial charge on any atom is -0.444 e. The molecule has 40 heavy (non-hydrogen) atoms. The highest BCUT2D eigenvalue weighted by Gasteiger charge is 2.42. The Labute approximate surface area is 247 Å². The number of nitrogens with one attached hydrogen (secondary N) is 1. The van der Waals surface area contributed by atoms with Crippen LogP contribution in [0.4, 0.5) is 16.4 Å². The lowest BCUT2D eigenvalue weighted by Crippen LogP contribution is -2.60. The van der Waals surface area contributed by atoms with Gasteiger partial charge in [0.25, 0.3) is 0 Å². The molecule has 11 heteroatoms. The van der Waals surface area contributed by atoms with Crippen molar-refractivity contribution in [1.82, 2.24) is 29.9 Å². The normalized spacial score (nSPS) is 20.1. The summed E-state index contributed by atoms with van der Waals surface area (Å²) < 4.78 is 6.93. The van der Waals surface area contributed by atoms with Crippen molar-refractivity contribution in [1.29, 1.82) is 0 Å². The van der Waals surface area contributed by atoms with Crippen molar-refractivity contribution in [3.63, 3.8) is 0 Å². The predicted molar refractivity (Wildman–Crippen MR) is 164 cm³/mol. The number of halogens is 1. The van der Waals surface area contributed by atoms with Crippen LogP contribution in [0.2, 0.25) is 0 Å². The fourth-order valence-electron chi connectivity index (χ4n) is 5.58. The van der Waals surface area contributed by atoms with Gasteiger partial charge in [0.15, 0.2) is 5.65 Å². The second-order valence-corrected chi connectivity index (χ2v) is 13.7. The lowest BCUT2D eigenvalue weighted by molar-refractivity contribution is 0.0496. The number of aromatic nitrogens is 5. The number of piperidine rings is 1. The lowest BCUT2D eigenvalue weighted by atomic mass is 9.98. The Kier molecular flexibility index (Phi) is 6.75. The number of carbonyl (C=O) groups is 1. The number of ether oxygens (including phenoxy) is 1. The van der Waals surface area contributed by atoms with Crippen molar-refractivity contribution in [2.75, 3.05) is 29.4 Å². The first-order valence-corrected chi connectivity index (χ1v) is 14.9. The number of amides is 1. The Balaban J connectivity index is 1.27. The van der Waals surface area contributed by atoms with Crippen molar-refractivity contribution in [2.24, 2.45) is 0 Å². The molecule has 0 spiro atoms. The number of carbonyl (C=O) groups excluding carboxylic acids is 1. The van der Waals surface area contributed by atoms with Crippen molar-refractivity contribution < 1.29 is 9.53 Å². The van der Waals surface area contributed by atoms with Crippen LogP contribution in [0.5, 0.6) is 0 Å². The Morgan fingerprint density at radius 2 is 1.93 bits per heavy atom. The zero-order chi connectivity index (χ0) is 28.2. The molecular weight excluding hydrogens is 619 g/mol. The number of anilines is 2. The van der Waals surface area contributed by atoms with E-state index in [1.807, 2.05) is 31.5 Å². The number of hydrogen-bond acceptors (Lipinski definition) is 8. The molecule has 1 N–H and O–H groups in total. The summed E-state index contributed by atoms with van der Waals surface area (Å²) in [6.45, 7) is 12.0. The van der Waals surface area contributed by atoms with Crippen molar-refractivity contribution >= 4 is 56.9 Å². The fraction of sp³-hybridized carbons (Fsp3) is 0.483. The van der Waals surface area contributed by atoms with Gasteiger partial charge in [-0.15, -0.1) is 0 Å². The van der Waals surface area contributed by atoms with E-state index in [9.17, 15) is 4.79 Å². The number of alkyl halides is 1. The Morgan fingerprint density at radius 3 is 2.70 bits per heavy atom. The number of rotatable bonds is 4. The summed E-state index contributed by atoms with van der Waals surface area (Å²) in [4.78, 5) is 31.0. The first kappa shape index (κ1) is 27.0. The zero-order valence-electron chi connectivity index (χ0n) is 23.6. The van der Waals surface area contributed by atoms with E-state index < -0.39 is 5.60 Å². The first-order valence-electron chi connectivity index (χ1n) is 13.8. The highest BCUT2D eigenvalue weighted by Crippen LogP contribution is 2.46. The molecule has 6 rings (SSSR count). The van der Waals surface area contributed by atoms with Crippen LogP contribution in [0.15, 0.2) is 36.8 Å². The predicted octanol–water partition coefficient (Wildman–Crippen LogP) is 5.28.